The normalized spacial score (nSPS) is 13.5. The molecule has 44 heavy (non-hydrogen) atoms. The number of ether oxygens (including phenoxy) is 1. The monoisotopic (exact) mass is 604 g/mol. The highest BCUT2D eigenvalue weighted by Crippen LogP contribution is 2.25. The maximum absolute atomic E-state index is 13.8. The van der Waals surface area contributed by atoms with Gasteiger partial charge in [-0.25, -0.2) is 8.78 Å². The lowest BCUT2D eigenvalue weighted by Crippen LogP contribution is -2.27. The molecule has 3 rings (SSSR count). The van der Waals surface area contributed by atoms with Crippen molar-refractivity contribution in [2.45, 2.75) is 52.6 Å². The van der Waals surface area contributed by atoms with Crippen molar-refractivity contribution < 1.29 is 23.4 Å². The van der Waals surface area contributed by atoms with Crippen LogP contribution in [0.25, 0.3) is 0 Å². The SMILES string of the molecule is CC\C=C(NC(C)c1ccc(F)c(F)c1)/C(/C=C\CNC(COc1ccc(NC(=O)CC)c(C)c1)c1cccc(O)c1)=C/N. The highest BCUT2D eigenvalue weighted by Gasteiger charge is 2.14. The van der Waals surface area contributed by atoms with Gasteiger partial charge in [-0.3, -0.25) is 4.79 Å². The molecular formula is C35H42F2N4O3. The number of phenolic OH excluding ortho intramolecular Hbond substituents is 1. The molecule has 0 bridgehead atoms. The minimum absolute atomic E-state index is 0.0542. The van der Waals surface area contributed by atoms with Crippen molar-refractivity contribution in [2.75, 3.05) is 18.5 Å². The molecule has 0 aliphatic heterocycles. The van der Waals surface area contributed by atoms with Crippen LogP contribution in [0.2, 0.25) is 0 Å². The first-order valence-electron chi connectivity index (χ1n) is 14.7. The first-order chi connectivity index (χ1) is 21.1. The number of hydrogen-bond donors (Lipinski definition) is 5. The van der Waals surface area contributed by atoms with Gasteiger partial charge in [-0.1, -0.05) is 50.3 Å². The molecule has 3 aromatic carbocycles. The molecule has 0 spiro atoms. The van der Waals surface area contributed by atoms with E-state index in [1.807, 2.05) is 63.3 Å². The lowest BCUT2D eigenvalue weighted by atomic mass is 10.1. The highest BCUT2D eigenvalue weighted by molar-refractivity contribution is 5.91. The minimum Gasteiger partial charge on any atom is -0.508 e. The van der Waals surface area contributed by atoms with Gasteiger partial charge in [-0.2, -0.15) is 0 Å². The number of carbonyl (C=O) groups is 1. The number of nitrogens with two attached hydrogens (primary N) is 1. The third-order valence-corrected chi connectivity index (χ3v) is 6.98. The van der Waals surface area contributed by atoms with Gasteiger partial charge >= 0.3 is 0 Å². The molecule has 9 heteroatoms. The Morgan fingerprint density at radius 3 is 2.50 bits per heavy atom. The van der Waals surface area contributed by atoms with Crippen molar-refractivity contribution in [3.05, 3.63) is 125 Å². The summed E-state index contributed by atoms with van der Waals surface area (Å²) in [6.07, 6.45) is 8.42. The van der Waals surface area contributed by atoms with Gasteiger partial charge in [0.1, 0.15) is 18.1 Å². The molecule has 0 fully saturated rings. The Balaban J connectivity index is 1.69. The number of hydrogen-bond acceptors (Lipinski definition) is 6. The molecular weight excluding hydrogens is 562 g/mol. The molecule has 0 heterocycles. The number of allylic oxidation sites excluding steroid dienone is 2. The van der Waals surface area contributed by atoms with Gasteiger partial charge in [0.15, 0.2) is 11.6 Å². The van der Waals surface area contributed by atoms with Crippen molar-refractivity contribution in [2.24, 2.45) is 5.73 Å². The summed E-state index contributed by atoms with van der Waals surface area (Å²) in [5.74, 6) is -1.02. The Kier molecular flexibility index (Phi) is 13.0. The van der Waals surface area contributed by atoms with Crippen molar-refractivity contribution in [1.82, 2.24) is 10.6 Å². The molecule has 3 aromatic rings. The van der Waals surface area contributed by atoms with E-state index in [9.17, 15) is 18.7 Å². The van der Waals surface area contributed by atoms with Gasteiger partial charge in [-0.05, 0) is 79.4 Å². The number of carbonyl (C=O) groups excluding carboxylic acids is 1. The van der Waals surface area contributed by atoms with E-state index < -0.39 is 11.6 Å². The van der Waals surface area contributed by atoms with Crippen LogP contribution in [-0.4, -0.2) is 24.2 Å². The Morgan fingerprint density at radius 1 is 1.05 bits per heavy atom. The zero-order valence-electron chi connectivity index (χ0n) is 25.7. The van der Waals surface area contributed by atoms with E-state index in [1.165, 1.54) is 12.3 Å². The van der Waals surface area contributed by atoms with Crippen LogP contribution in [0.15, 0.2) is 96.4 Å². The predicted octanol–water partition coefficient (Wildman–Crippen LogP) is 7.08. The molecule has 0 aliphatic carbocycles. The number of amides is 1. The largest absolute Gasteiger partial charge is 0.508 e. The number of halogens is 2. The summed E-state index contributed by atoms with van der Waals surface area (Å²) in [4.78, 5) is 11.8. The molecule has 0 aliphatic rings. The fourth-order valence-corrected chi connectivity index (χ4v) is 4.49. The Hall–Kier alpha value is -4.63. The minimum atomic E-state index is -0.893. The van der Waals surface area contributed by atoms with Gasteiger partial charge in [0.25, 0.3) is 0 Å². The van der Waals surface area contributed by atoms with Gasteiger partial charge in [0.2, 0.25) is 5.91 Å². The lowest BCUT2D eigenvalue weighted by molar-refractivity contribution is -0.115. The number of aryl methyl sites for hydroxylation is 1. The van der Waals surface area contributed by atoms with E-state index in [2.05, 4.69) is 16.0 Å². The number of benzene rings is 3. The molecule has 0 aromatic heterocycles. The molecule has 7 nitrogen and oxygen atoms in total. The van der Waals surface area contributed by atoms with Crippen LogP contribution < -0.4 is 26.4 Å². The van der Waals surface area contributed by atoms with Crippen LogP contribution in [-0.2, 0) is 4.79 Å². The van der Waals surface area contributed by atoms with Gasteiger partial charge in [0, 0.05) is 42.2 Å². The maximum atomic E-state index is 13.8. The summed E-state index contributed by atoms with van der Waals surface area (Å²) < 4.78 is 33.3. The Morgan fingerprint density at radius 2 is 1.84 bits per heavy atom. The van der Waals surface area contributed by atoms with Crippen molar-refractivity contribution in [3.63, 3.8) is 0 Å². The standard InChI is InChI=1S/C35H42F2N4O3/c1-5-9-33(40-24(4)25-13-15-30(36)31(37)20-25)27(21-38)11-8-17-39-34(26-10-7-12-28(42)19-26)22-44-29-14-16-32(23(3)18-29)41-35(43)6-2/h7-16,18-21,24,34,39-40,42H,5-6,17,22,38H2,1-4H3,(H,41,43)/b11-8-,27-21+,33-9+. The topological polar surface area (TPSA) is 109 Å². The molecule has 0 saturated carbocycles. The van der Waals surface area contributed by atoms with E-state index in [1.54, 1.807) is 31.2 Å². The molecule has 2 atom stereocenters. The molecule has 0 radical (unpaired) electrons. The summed E-state index contributed by atoms with van der Waals surface area (Å²) in [5.41, 5.74) is 10.6. The molecule has 2 unspecified atom stereocenters. The van der Waals surface area contributed by atoms with Crippen LogP contribution in [0.4, 0.5) is 14.5 Å². The summed E-state index contributed by atoms with van der Waals surface area (Å²) in [5, 5.41) is 19.8. The molecule has 234 valence electrons. The first kappa shape index (κ1) is 33.9. The molecule has 6 N–H and O–H groups in total. The number of nitrogens with one attached hydrogen (secondary N) is 3. The van der Waals surface area contributed by atoms with Crippen LogP contribution in [0.1, 0.15) is 62.4 Å². The average Bonchev–Trinajstić information content (AvgIpc) is 3.00. The number of rotatable bonds is 15. The van der Waals surface area contributed by atoms with Crippen molar-refractivity contribution >= 4 is 11.6 Å². The first-order valence-corrected chi connectivity index (χ1v) is 14.7. The smallest absolute Gasteiger partial charge is 0.224 e. The third-order valence-electron chi connectivity index (χ3n) is 6.98. The van der Waals surface area contributed by atoms with Gasteiger partial charge in [-0.15, -0.1) is 0 Å². The van der Waals surface area contributed by atoms with Crippen LogP contribution in [0, 0.1) is 18.6 Å². The summed E-state index contributed by atoms with van der Waals surface area (Å²) in [7, 11) is 0. The van der Waals surface area contributed by atoms with E-state index in [0.29, 0.717) is 24.3 Å². The second-order valence-electron chi connectivity index (χ2n) is 10.3. The number of anilines is 1. The van der Waals surface area contributed by atoms with Crippen molar-refractivity contribution in [1.29, 1.82) is 0 Å². The van der Waals surface area contributed by atoms with Crippen molar-refractivity contribution in [3.8, 4) is 11.5 Å². The zero-order chi connectivity index (χ0) is 32.1. The Labute approximate surface area is 258 Å². The lowest BCUT2D eigenvalue weighted by Gasteiger charge is -2.21. The predicted molar refractivity (Wildman–Crippen MR) is 172 cm³/mol. The van der Waals surface area contributed by atoms with E-state index in [-0.39, 0.29) is 30.3 Å². The fourth-order valence-electron chi connectivity index (χ4n) is 4.49. The number of aromatic hydroxyl groups is 1. The average molecular weight is 605 g/mol. The zero-order valence-corrected chi connectivity index (χ0v) is 25.7. The van der Waals surface area contributed by atoms with E-state index >= 15 is 0 Å². The highest BCUT2D eigenvalue weighted by atomic mass is 19.2. The fraction of sp³-hybridized carbons (Fsp3) is 0.286. The molecule has 1 amide bonds. The third kappa shape index (κ3) is 9.98. The number of phenols is 1. The van der Waals surface area contributed by atoms with Gasteiger partial charge in [0.05, 0.1) is 6.04 Å². The van der Waals surface area contributed by atoms with E-state index in [4.69, 9.17) is 10.5 Å². The summed E-state index contributed by atoms with van der Waals surface area (Å²) in [6.45, 7) is 8.32. The van der Waals surface area contributed by atoms with Crippen LogP contribution >= 0.6 is 0 Å². The second-order valence-corrected chi connectivity index (χ2v) is 10.3. The molecule has 0 saturated heterocycles. The van der Waals surface area contributed by atoms with Crippen LogP contribution in [0.5, 0.6) is 11.5 Å². The summed E-state index contributed by atoms with van der Waals surface area (Å²) in [6, 6.07) is 15.8. The van der Waals surface area contributed by atoms with Crippen LogP contribution in [0.3, 0.4) is 0 Å². The van der Waals surface area contributed by atoms with Gasteiger partial charge < -0.3 is 31.5 Å². The summed E-state index contributed by atoms with van der Waals surface area (Å²) >= 11 is 0. The second kappa shape index (κ2) is 16.9. The maximum Gasteiger partial charge on any atom is 0.224 e. The quantitative estimate of drug-likeness (QED) is 0.119. The Bertz CT molecular complexity index is 1500. The van der Waals surface area contributed by atoms with E-state index in [0.717, 1.165) is 40.6 Å².